The van der Waals surface area contributed by atoms with Crippen LogP contribution in [0.5, 0.6) is 0 Å². The maximum Gasteiger partial charge on any atom is 0.129 e. The zero-order chi connectivity index (χ0) is 11.9. The Hall–Kier alpha value is -0.930. The van der Waals surface area contributed by atoms with Gasteiger partial charge in [0.1, 0.15) is 5.82 Å². The molecule has 92 valence electrons. The molecule has 2 nitrogen and oxygen atoms in total. The average molecular weight is 236 g/mol. The number of aliphatic hydroxyl groups excluding tert-OH is 1. The van der Waals surface area contributed by atoms with Gasteiger partial charge in [0.2, 0.25) is 0 Å². The maximum atomic E-state index is 13.8. The number of ether oxygens (including phenoxy) is 1. The maximum absolute atomic E-state index is 13.8. The van der Waals surface area contributed by atoms with Crippen molar-refractivity contribution in [2.24, 2.45) is 0 Å². The first-order chi connectivity index (χ1) is 8.21. The molecular weight excluding hydrogens is 219 g/mol. The van der Waals surface area contributed by atoms with E-state index in [2.05, 4.69) is 0 Å². The van der Waals surface area contributed by atoms with E-state index in [9.17, 15) is 9.50 Å². The minimum absolute atomic E-state index is 0.159. The molecule has 1 spiro atoms. The number of benzene rings is 1. The first kappa shape index (κ1) is 11.2. The van der Waals surface area contributed by atoms with Gasteiger partial charge in [-0.05, 0) is 37.3 Å². The van der Waals surface area contributed by atoms with Crippen LogP contribution in [0.1, 0.15) is 36.8 Å². The van der Waals surface area contributed by atoms with Crippen LogP contribution < -0.4 is 0 Å². The van der Waals surface area contributed by atoms with Gasteiger partial charge < -0.3 is 9.84 Å². The minimum Gasteiger partial charge on any atom is -0.393 e. The Labute approximate surface area is 100 Å². The predicted molar refractivity (Wildman–Crippen MR) is 62.2 cm³/mol. The van der Waals surface area contributed by atoms with Crippen molar-refractivity contribution >= 4 is 0 Å². The summed E-state index contributed by atoms with van der Waals surface area (Å²) in [5.41, 5.74) is 1.59. The summed E-state index contributed by atoms with van der Waals surface area (Å²) in [5, 5.41) is 9.87. The molecule has 0 radical (unpaired) electrons. The zero-order valence-corrected chi connectivity index (χ0v) is 9.79. The highest BCUT2D eigenvalue weighted by molar-refractivity contribution is 5.37. The molecule has 0 saturated heterocycles. The number of aliphatic hydroxyl groups is 1. The van der Waals surface area contributed by atoms with Crippen molar-refractivity contribution in [3.05, 3.63) is 35.1 Å². The van der Waals surface area contributed by atoms with E-state index in [1.807, 2.05) is 6.07 Å². The molecule has 0 amide bonds. The predicted octanol–water partition coefficient (Wildman–Crippen LogP) is 2.53. The standard InChI is InChI=1S/C14H17FO2/c15-13-5-1-4-12-11(13)8-17-9-14(12)6-2-3-10(16)7-14/h1,4-5,10,16H,2-3,6-9H2. The highest BCUT2D eigenvalue weighted by Crippen LogP contribution is 2.44. The third-order valence-electron chi connectivity index (χ3n) is 4.13. The Bertz CT molecular complexity index is 432. The highest BCUT2D eigenvalue weighted by Gasteiger charge is 2.41. The second-order valence-corrected chi connectivity index (χ2v) is 5.29. The van der Waals surface area contributed by atoms with E-state index in [0.717, 1.165) is 24.8 Å². The van der Waals surface area contributed by atoms with E-state index < -0.39 is 0 Å². The molecule has 1 N–H and O–H groups in total. The molecule has 1 fully saturated rings. The Morgan fingerprint density at radius 2 is 2.29 bits per heavy atom. The van der Waals surface area contributed by atoms with Gasteiger partial charge in [-0.2, -0.15) is 0 Å². The van der Waals surface area contributed by atoms with Crippen molar-refractivity contribution < 1.29 is 14.2 Å². The largest absolute Gasteiger partial charge is 0.393 e. The van der Waals surface area contributed by atoms with Crippen molar-refractivity contribution in [1.82, 2.24) is 0 Å². The van der Waals surface area contributed by atoms with Gasteiger partial charge in [0.25, 0.3) is 0 Å². The van der Waals surface area contributed by atoms with Gasteiger partial charge in [0.05, 0.1) is 19.3 Å². The van der Waals surface area contributed by atoms with Crippen molar-refractivity contribution in [1.29, 1.82) is 0 Å². The van der Waals surface area contributed by atoms with Crippen LogP contribution in [0, 0.1) is 5.82 Å². The molecule has 1 aromatic carbocycles. The zero-order valence-electron chi connectivity index (χ0n) is 9.79. The van der Waals surface area contributed by atoms with E-state index in [0.29, 0.717) is 25.2 Å². The Morgan fingerprint density at radius 3 is 3.12 bits per heavy atom. The van der Waals surface area contributed by atoms with E-state index in [4.69, 9.17) is 4.74 Å². The minimum atomic E-state index is -0.276. The molecule has 1 saturated carbocycles. The molecule has 3 heteroatoms. The number of fused-ring (bicyclic) bond motifs is 2. The van der Waals surface area contributed by atoms with Crippen molar-refractivity contribution in [3.8, 4) is 0 Å². The van der Waals surface area contributed by atoms with Crippen LogP contribution >= 0.6 is 0 Å². The summed E-state index contributed by atoms with van der Waals surface area (Å²) in [4.78, 5) is 0. The van der Waals surface area contributed by atoms with Crippen molar-refractivity contribution in [2.75, 3.05) is 6.61 Å². The summed E-state index contributed by atoms with van der Waals surface area (Å²) in [6.45, 7) is 0.973. The van der Waals surface area contributed by atoms with Crippen LogP contribution in [0.3, 0.4) is 0 Å². The molecule has 1 aliphatic heterocycles. The molecule has 3 rings (SSSR count). The molecule has 0 aromatic heterocycles. The van der Waals surface area contributed by atoms with E-state index >= 15 is 0 Å². The second kappa shape index (κ2) is 4.07. The van der Waals surface area contributed by atoms with Crippen molar-refractivity contribution in [3.63, 3.8) is 0 Å². The molecule has 2 atom stereocenters. The molecular formula is C14H17FO2. The highest BCUT2D eigenvalue weighted by atomic mass is 19.1. The fourth-order valence-electron chi connectivity index (χ4n) is 3.34. The monoisotopic (exact) mass is 236 g/mol. The third kappa shape index (κ3) is 1.78. The number of halogens is 1. The van der Waals surface area contributed by atoms with Crippen molar-refractivity contribution in [2.45, 2.75) is 43.8 Å². The van der Waals surface area contributed by atoms with E-state index in [1.165, 1.54) is 6.07 Å². The number of hydrogen-bond donors (Lipinski definition) is 1. The summed E-state index contributed by atoms with van der Waals surface area (Å²) in [7, 11) is 0. The van der Waals surface area contributed by atoms with Gasteiger partial charge in [0, 0.05) is 11.0 Å². The fraction of sp³-hybridized carbons (Fsp3) is 0.571. The lowest BCUT2D eigenvalue weighted by Crippen LogP contribution is -2.42. The smallest absolute Gasteiger partial charge is 0.129 e. The van der Waals surface area contributed by atoms with E-state index in [1.54, 1.807) is 6.07 Å². The lowest BCUT2D eigenvalue weighted by Gasteiger charge is -2.43. The Morgan fingerprint density at radius 1 is 1.41 bits per heavy atom. The molecule has 17 heavy (non-hydrogen) atoms. The van der Waals surface area contributed by atoms with E-state index in [-0.39, 0.29) is 17.3 Å². The first-order valence-electron chi connectivity index (χ1n) is 6.25. The number of rotatable bonds is 0. The Kier molecular flexibility index (Phi) is 2.68. The van der Waals surface area contributed by atoms with Gasteiger partial charge in [0.15, 0.2) is 0 Å². The summed E-state index contributed by atoms with van der Waals surface area (Å²) >= 11 is 0. The van der Waals surface area contributed by atoms with Crippen LogP contribution in [0.25, 0.3) is 0 Å². The summed E-state index contributed by atoms with van der Waals surface area (Å²) in [5.74, 6) is -0.179. The lowest BCUT2D eigenvalue weighted by atomic mass is 9.67. The normalized spacial score (nSPS) is 32.5. The van der Waals surface area contributed by atoms with Crippen LogP contribution in [-0.4, -0.2) is 17.8 Å². The molecule has 0 bridgehead atoms. The van der Waals surface area contributed by atoms with Crippen LogP contribution in [0.2, 0.25) is 0 Å². The first-order valence-corrected chi connectivity index (χ1v) is 6.25. The molecule has 1 heterocycles. The third-order valence-corrected chi connectivity index (χ3v) is 4.13. The average Bonchev–Trinajstić information content (AvgIpc) is 2.31. The quantitative estimate of drug-likeness (QED) is 0.750. The van der Waals surface area contributed by atoms with Crippen LogP contribution in [0.4, 0.5) is 4.39 Å². The lowest BCUT2D eigenvalue weighted by molar-refractivity contribution is -0.00204. The van der Waals surface area contributed by atoms with Gasteiger partial charge in [-0.25, -0.2) is 4.39 Å². The number of hydrogen-bond acceptors (Lipinski definition) is 2. The van der Waals surface area contributed by atoms with Gasteiger partial charge in [-0.15, -0.1) is 0 Å². The molecule has 1 aromatic rings. The topological polar surface area (TPSA) is 29.5 Å². The van der Waals surface area contributed by atoms with Gasteiger partial charge >= 0.3 is 0 Å². The van der Waals surface area contributed by atoms with Gasteiger partial charge in [-0.3, -0.25) is 0 Å². The van der Waals surface area contributed by atoms with Gasteiger partial charge in [-0.1, -0.05) is 12.1 Å². The van der Waals surface area contributed by atoms with Crippen LogP contribution in [0.15, 0.2) is 18.2 Å². The molecule has 2 aliphatic rings. The Balaban J connectivity index is 2.06. The summed E-state index contributed by atoms with van der Waals surface area (Å²) in [6, 6.07) is 5.25. The fourth-order valence-corrected chi connectivity index (χ4v) is 3.34. The summed E-state index contributed by atoms with van der Waals surface area (Å²) < 4.78 is 19.3. The van der Waals surface area contributed by atoms with Crippen LogP contribution in [-0.2, 0) is 16.8 Å². The molecule has 2 unspecified atom stereocenters. The molecule has 1 aliphatic carbocycles. The summed E-state index contributed by atoms with van der Waals surface area (Å²) in [6.07, 6.45) is 3.25. The second-order valence-electron chi connectivity index (χ2n) is 5.29. The SMILES string of the molecule is OC1CCCC2(COCc3c(F)cccc32)C1.